The Labute approximate surface area is 168 Å². The van der Waals surface area contributed by atoms with Crippen LogP contribution in [0, 0.1) is 12.8 Å². The number of benzene rings is 2. The molecule has 0 aromatic heterocycles. The van der Waals surface area contributed by atoms with Gasteiger partial charge in [0.25, 0.3) is 11.8 Å². The Morgan fingerprint density at radius 1 is 1.11 bits per heavy atom. The van der Waals surface area contributed by atoms with Crippen molar-refractivity contribution in [3.8, 4) is 5.75 Å². The Morgan fingerprint density at radius 3 is 2.18 bits per heavy atom. The fourth-order valence-corrected chi connectivity index (χ4v) is 3.47. The standard InChI is InChI=1S/C21H21ClN2O4/c1-11(2)18(24-20(26)13-7-5-6-8-14(13)21(24)27)19(25)23-16-9-12(3)15(22)10-17(16)28-4/h5-11,18H,1-4H3,(H,23,25). The van der Waals surface area contributed by atoms with Crippen molar-refractivity contribution in [2.75, 3.05) is 12.4 Å². The quantitative estimate of drug-likeness (QED) is 0.772. The first kappa shape index (κ1) is 19.9. The molecule has 28 heavy (non-hydrogen) atoms. The molecule has 3 rings (SSSR count). The van der Waals surface area contributed by atoms with Crippen molar-refractivity contribution in [3.63, 3.8) is 0 Å². The minimum absolute atomic E-state index is 0.290. The zero-order chi connectivity index (χ0) is 20.6. The molecule has 0 saturated carbocycles. The number of nitrogens with one attached hydrogen (secondary N) is 1. The Balaban J connectivity index is 1.94. The summed E-state index contributed by atoms with van der Waals surface area (Å²) < 4.78 is 5.29. The number of carbonyl (C=O) groups is 3. The average molecular weight is 401 g/mol. The Bertz CT molecular complexity index is 936. The summed E-state index contributed by atoms with van der Waals surface area (Å²) in [6, 6.07) is 8.91. The number of methoxy groups -OCH3 is 1. The van der Waals surface area contributed by atoms with E-state index in [1.54, 1.807) is 50.2 Å². The highest BCUT2D eigenvalue weighted by molar-refractivity contribution is 6.31. The second-order valence-electron chi connectivity index (χ2n) is 7.01. The van der Waals surface area contributed by atoms with Crippen molar-refractivity contribution in [3.05, 3.63) is 58.1 Å². The maximum atomic E-state index is 13.1. The van der Waals surface area contributed by atoms with E-state index in [1.165, 1.54) is 7.11 Å². The molecular formula is C21H21ClN2O4. The van der Waals surface area contributed by atoms with E-state index in [9.17, 15) is 14.4 Å². The molecule has 1 aliphatic heterocycles. The summed E-state index contributed by atoms with van der Waals surface area (Å²) in [4.78, 5) is 39.8. The summed E-state index contributed by atoms with van der Waals surface area (Å²) in [5.74, 6) is -1.29. The number of amides is 3. The van der Waals surface area contributed by atoms with Gasteiger partial charge in [0.1, 0.15) is 11.8 Å². The van der Waals surface area contributed by atoms with Gasteiger partial charge >= 0.3 is 0 Å². The second-order valence-corrected chi connectivity index (χ2v) is 7.41. The molecule has 0 fully saturated rings. The fourth-order valence-electron chi connectivity index (χ4n) is 3.32. The average Bonchev–Trinajstić information content (AvgIpc) is 2.90. The molecule has 0 spiro atoms. The smallest absolute Gasteiger partial charge is 0.262 e. The lowest BCUT2D eigenvalue weighted by Crippen LogP contribution is -2.50. The number of anilines is 1. The Morgan fingerprint density at radius 2 is 1.68 bits per heavy atom. The van der Waals surface area contributed by atoms with Crippen LogP contribution in [0.25, 0.3) is 0 Å². The summed E-state index contributed by atoms with van der Waals surface area (Å²) in [5.41, 5.74) is 1.81. The van der Waals surface area contributed by atoms with E-state index >= 15 is 0 Å². The maximum absolute atomic E-state index is 13.1. The number of ether oxygens (including phenoxy) is 1. The van der Waals surface area contributed by atoms with Gasteiger partial charge in [-0.1, -0.05) is 37.6 Å². The van der Waals surface area contributed by atoms with Gasteiger partial charge in [0.05, 0.1) is 23.9 Å². The van der Waals surface area contributed by atoms with E-state index in [0.717, 1.165) is 10.5 Å². The summed E-state index contributed by atoms with van der Waals surface area (Å²) in [7, 11) is 1.47. The molecule has 1 unspecified atom stereocenters. The second kappa shape index (κ2) is 7.64. The first-order valence-corrected chi connectivity index (χ1v) is 9.26. The number of nitrogens with zero attached hydrogens (tertiary/aromatic N) is 1. The molecule has 0 aliphatic carbocycles. The monoisotopic (exact) mass is 400 g/mol. The zero-order valence-electron chi connectivity index (χ0n) is 16.1. The molecule has 0 radical (unpaired) electrons. The van der Waals surface area contributed by atoms with Gasteiger partial charge in [-0.25, -0.2) is 0 Å². The van der Waals surface area contributed by atoms with Gasteiger partial charge in [-0.15, -0.1) is 0 Å². The zero-order valence-corrected chi connectivity index (χ0v) is 16.8. The summed E-state index contributed by atoms with van der Waals surface area (Å²) in [6.07, 6.45) is 0. The predicted molar refractivity (Wildman–Crippen MR) is 107 cm³/mol. The molecule has 1 N–H and O–H groups in total. The number of imide groups is 1. The van der Waals surface area contributed by atoms with E-state index in [1.807, 2.05) is 6.92 Å². The number of carbonyl (C=O) groups excluding carboxylic acids is 3. The number of rotatable bonds is 5. The summed E-state index contributed by atoms with van der Waals surface area (Å²) in [6.45, 7) is 5.39. The lowest BCUT2D eigenvalue weighted by atomic mass is 10.0. The van der Waals surface area contributed by atoms with Crippen molar-refractivity contribution in [1.82, 2.24) is 4.90 Å². The first-order chi connectivity index (χ1) is 13.3. The van der Waals surface area contributed by atoms with Gasteiger partial charge in [-0.3, -0.25) is 19.3 Å². The van der Waals surface area contributed by atoms with E-state index in [0.29, 0.717) is 27.6 Å². The maximum Gasteiger partial charge on any atom is 0.262 e. The molecule has 7 heteroatoms. The number of halogens is 1. The molecule has 1 atom stereocenters. The summed E-state index contributed by atoms with van der Waals surface area (Å²) >= 11 is 6.12. The molecule has 1 aliphatic rings. The van der Waals surface area contributed by atoms with Gasteiger partial charge in [0.2, 0.25) is 5.91 Å². The van der Waals surface area contributed by atoms with Gasteiger partial charge < -0.3 is 10.1 Å². The van der Waals surface area contributed by atoms with Crippen LogP contribution < -0.4 is 10.1 Å². The van der Waals surface area contributed by atoms with Gasteiger partial charge in [0.15, 0.2) is 0 Å². The van der Waals surface area contributed by atoms with E-state index in [4.69, 9.17) is 16.3 Å². The Hall–Kier alpha value is -2.86. The Kier molecular flexibility index (Phi) is 5.42. The van der Waals surface area contributed by atoms with Crippen molar-refractivity contribution in [1.29, 1.82) is 0 Å². The van der Waals surface area contributed by atoms with Crippen molar-refractivity contribution < 1.29 is 19.1 Å². The highest BCUT2D eigenvalue weighted by atomic mass is 35.5. The molecule has 146 valence electrons. The number of fused-ring (bicyclic) bond motifs is 1. The molecular weight excluding hydrogens is 380 g/mol. The molecule has 3 amide bonds. The van der Waals surface area contributed by atoms with Gasteiger partial charge in [0, 0.05) is 11.1 Å². The third-order valence-corrected chi connectivity index (χ3v) is 5.15. The first-order valence-electron chi connectivity index (χ1n) is 8.88. The van der Waals surface area contributed by atoms with Crippen LogP contribution in [0.1, 0.15) is 40.1 Å². The molecule has 0 saturated heterocycles. The number of aryl methyl sites for hydroxylation is 1. The molecule has 0 bridgehead atoms. The molecule has 1 heterocycles. The van der Waals surface area contributed by atoms with Crippen molar-refractivity contribution in [2.45, 2.75) is 26.8 Å². The summed E-state index contributed by atoms with van der Waals surface area (Å²) in [5, 5.41) is 3.30. The predicted octanol–water partition coefficient (Wildman–Crippen LogP) is 3.92. The minimum atomic E-state index is -0.965. The molecule has 2 aromatic carbocycles. The van der Waals surface area contributed by atoms with Crippen molar-refractivity contribution >= 4 is 35.0 Å². The van der Waals surface area contributed by atoms with Crippen LogP contribution in [-0.2, 0) is 4.79 Å². The number of hydrogen-bond acceptors (Lipinski definition) is 4. The van der Waals surface area contributed by atoms with E-state index in [-0.39, 0.29) is 5.92 Å². The van der Waals surface area contributed by atoms with Crippen LogP contribution >= 0.6 is 11.6 Å². The van der Waals surface area contributed by atoms with Crippen LogP contribution in [0.15, 0.2) is 36.4 Å². The van der Waals surface area contributed by atoms with Crippen LogP contribution in [0.3, 0.4) is 0 Å². The molecule has 6 nitrogen and oxygen atoms in total. The highest BCUT2D eigenvalue weighted by Gasteiger charge is 2.44. The van der Waals surface area contributed by atoms with Crippen molar-refractivity contribution in [2.24, 2.45) is 5.92 Å². The van der Waals surface area contributed by atoms with Gasteiger partial charge in [-0.05, 0) is 36.6 Å². The van der Waals surface area contributed by atoms with Crippen LogP contribution in [-0.4, -0.2) is 35.8 Å². The number of hydrogen-bond donors (Lipinski definition) is 1. The lowest BCUT2D eigenvalue weighted by molar-refractivity contribution is -0.121. The molecule has 2 aromatic rings. The van der Waals surface area contributed by atoms with Crippen LogP contribution in [0.2, 0.25) is 5.02 Å². The highest BCUT2D eigenvalue weighted by Crippen LogP contribution is 2.32. The van der Waals surface area contributed by atoms with E-state index < -0.39 is 23.8 Å². The SMILES string of the molecule is COc1cc(Cl)c(C)cc1NC(=O)C(C(C)C)N1C(=O)c2ccccc2C1=O. The topological polar surface area (TPSA) is 75.7 Å². The fraction of sp³-hybridized carbons (Fsp3) is 0.286. The third-order valence-electron chi connectivity index (χ3n) is 4.74. The van der Waals surface area contributed by atoms with E-state index in [2.05, 4.69) is 5.32 Å². The normalized spacial score (nSPS) is 14.3. The third kappa shape index (κ3) is 3.36. The van der Waals surface area contributed by atoms with Crippen LogP contribution in [0.5, 0.6) is 5.75 Å². The lowest BCUT2D eigenvalue weighted by Gasteiger charge is -2.28. The minimum Gasteiger partial charge on any atom is -0.495 e. The van der Waals surface area contributed by atoms with Gasteiger partial charge in [-0.2, -0.15) is 0 Å². The van der Waals surface area contributed by atoms with Crippen LogP contribution in [0.4, 0.5) is 5.69 Å². The largest absolute Gasteiger partial charge is 0.495 e.